The van der Waals surface area contributed by atoms with Crippen molar-refractivity contribution in [3.05, 3.63) is 60.7 Å². The Labute approximate surface area is 105 Å². The minimum atomic E-state index is 0.319. The second kappa shape index (κ2) is 8.92. The summed E-state index contributed by atoms with van der Waals surface area (Å²) in [6, 6.07) is 21.2. The highest BCUT2D eigenvalue weighted by Gasteiger charge is 1.92. The van der Waals surface area contributed by atoms with Crippen molar-refractivity contribution in [2.75, 3.05) is 6.61 Å². The molecule has 1 nitrogen and oxygen atoms in total. The molecule has 0 radical (unpaired) electrons. The highest BCUT2D eigenvalue weighted by atomic mass is 31.1. The van der Waals surface area contributed by atoms with Gasteiger partial charge in [0.2, 0.25) is 0 Å². The van der Waals surface area contributed by atoms with Crippen LogP contribution in [-0.4, -0.2) is 11.7 Å². The first-order valence-corrected chi connectivity index (χ1v) is 6.84. The maximum Gasteiger partial charge on any atom is 0.0428 e. The molecule has 0 amide bonds. The Morgan fingerprint density at radius 1 is 0.824 bits per heavy atom. The predicted molar refractivity (Wildman–Crippen MR) is 77.8 cm³/mol. The molecule has 0 aliphatic carbocycles. The van der Waals surface area contributed by atoms with E-state index in [1.165, 1.54) is 10.6 Å². The average Bonchev–Trinajstić information content (AvgIpc) is 2.41. The van der Waals surface area contributed by atoms with Crippen LogP contribution in [0, 0.1) is 0 Å². The molecule has 0 spiro atoms. The fourth-order valence-electron chi connectivity index (χ4n) is 1.21. The first kappa shape index (κ1) is 13.9. The summed E-state index contributed by atoms with van der Waals surface area (Å²) >= 11 is 0. The number of aliphatic hydroxyl groups is 1. The van der Waals surface area contributed by atoms with E-state index in [1.807, 2.05) is 6.92 Å². The van der Waals surface area contributed by atoms with Gasteiger partial charge >= 0.3 is 0 Å². The van der Waals surface area contributed by atoms with Gasteiger partial charge in [0.1, 0.15) is 0 Å². The Bertz CT molecular complexity index is 347. The van der Waals surface area contributed by atoms with Gasteiger partial charge in [-0.3, -0.25) is 0 Å². The molecule has 0 bridgehead atoms. The third kappa shape index (κ3) is 6.21. The van der Waals surface area contributed by atoms with Crippen molar-refractivity contribution in [2.45, 2.75) is 13.3 Å². The quantitative estimate of drug-likeness (QED) is 0.826. The van der Waals surface area contributed by atoms with Gasteiger partial charge in [0.05, 0.1) is 0 Å². The first-order valence-electron chi connectivity index (χ1n) is 5.84. The van der Waals surface area contributed by atoms with Crippen LogP contribution < -0.4 is 10.6 Å². The van der Waals surface area contributed by atoms with Gasteiger partial charge < -0.3 is 5.11 Å². The Morgan fingerprint density at radius 2 is 1.18 bits per heavy atom. The van der Waals surface area contributed by atoms with E-state index in [2.05, 4.69) is 60.7 Å². The van der Waals surface area contributed by atoms with Gasteiger partial charge in [-0.1, -0.05) is 76.2 Å². The second-order valence-corrected chi connectivity index (χ2v) is 4.99. The maximum atomic E-state index is 7.88. The monoisotopic (exact) mass is 246 g/mol. The Kier molecular flexibility index (Phi) is 7.29. The predicted octanol–water partition coefficient (Wildman–Crippen LogP) is 2.70. The number of hydrogen-bond acceptors (Lipinski definition) is 1. The van der Waals surface area contributed by atoms with Crippen LogP contribution in [0.5, 0.6) is 0 Å². The van der Waals surface area contributed by atoms with Crippen molar-refractivity contribution < 1.29 is 5.11 Å². The van der Waals surface area contributed by atoms with Gasteiger partial charge in [-0.15, -0.1) is 0 Å². The van der Waals surface area contributed by atoms with Gasteiger partial charge in [0.25, 0.3) is 0 Å². The Morgan fingerprint density at radius 3 is 1.47 bits per heavy atom. The van der Waals surface area contributed by atoms with Gasteiger partial charge in [0, 0.05) is 6.61 Å². The zero-order valence-corrected chi connectivity index (χ0v) is 11.1. The van der Waals surface area contributed by atoms with E-state index < -0.39 is 0 Å². The third-order valence-electron chi connectivity index (χ3n) is 2.06. The maximum absolute atomic E-state index is 7.88. The summed E-state index contributed by atoms with van der Waals surface area (Å²) in [7, 11) is 0.777. The van der Waals surface area contributed by atoms with E-state index in [0.717, 1.165) is 15.0 Å². The largest absolute Gasteiger partial charge is 0.396 e. The molecule has 1 N–H and O–H groups in total. The standard InChI is InChI=1S/C12H11P.C3H8O/c1-3-7-11(8-4-1)13-12-9-5-2-6-10-12;1-2-3-4/h1-10,13H;4H,2-3H2,1H3. The molecule has 90 valence electrons. The molecule has 0 saturated heterocycles. The van der Waals surface area contributed by atoms with Crippen LogP contribution in [0.25, 0.3) is 0 Å². The number of aliphatic hydroxyl groups excluding tert-OH is 1. The van der Waals surface area contributed by atoms with Gasteiger partial charge in [0.15, 0.2) is 0 Å². The lowest BCUT2D eigenvalue weighted by Crippen LogP contribution is -2.01. The van der Waals surface area contributed by atoms with Crippen LogP contribution >= 0.6 is 8.58 Å². The van der Waals surface area contributed by atoms with Gasteiger partial charge in [-0.05, 0) is 17.0 Å². The summed E-state index contributed by atoms with van der Waals surface area (Å²) in [4.78, 5) is 0. The summed E-state index contributed by atoms with van der Waals surface area (Å²) in [5.74, 6) is 0. The van der Waals surface area contributed by atoms with E-state index in [-0.39, 0.29) is 0 Å². The molecule has 0 fully saturated rings. The molecule has 17 heavy (non-hydrogen) atoms. The lowest BCUT2D eigenvalue weighted by molar-refractivity contribution is 0.295. The molecular weight excluding hydrogens is 227 g/mol. The summed E-state index contributed by atoms with van der Waals surface area (Å²) in [5.41, 5.74) is 0. The second-order valence-electron chi connectivity index (χ2n) is 3.58. The molecule has 0 saturated carbocycles. The molecule has 0 heterocycles. The van der Waals surface area contributed by atoms with E-state index in [9.17, 15) is 0 Å². The molecule has 2 heteroatoms. The molecule has 0 aliphatic rings. The third-order valence-corrected chi connectivity index (χ3v) is 3.30. The molecule has 2 aromatic carbocycles. The van der Waals surface area contributed by atoms with Crippen LogP contribution in [0.2, 0.25) is 0 Å². The summed E-state index contributed by atoms with van der Waals surface area (Å²) in [5, 5.41) is 10.7. The lowest BCUT2D eigenvalue weighted by Gasteiger charge is -2.00. The Hall–Kier alpha value is -1.17. The molecule has 0 aromatic heterocycles. The lowest BCUT2D eigenvalue weighted by atomic mass is 10.4. The van der Waals surface area contributed by atoms with Crippen molar-refractivity contribution in [3.8, 4) is 0 Å². The zero-order chi connectivity index (χ0) is 12.3. The molecule has 0 aliphatic heterocycles. The number of hydrogen-bond donors (Lipinski definition) is 1. The van der Waals surface area contributed by atoms with Gasteiger partial charge in [-0.2, -0.15) is 0 Å². The van der Waals surface area contributed by atoms with Crippen molar-refractivity contribution in [3.63, 3.8) is 0 Å². The van der Waals surface area contributed by atoms with E-state index >= 15 is 0 Å². The van der Waals surface area contributed by atoms with Crippen LogP contribution in [-0.2, 0) is 0 Å². The minimum absolute atomic E-state index is 0.319. The molecule has 2 rings (SSSR count). The molecular formula is C15H19OP. The smallest absolute Gasteiger partial charge is 0.0428 e. The van der Waals surface area contributed by atoms with E-state index in [1.54, 1.807) is 0 Å². The minimum Gasteiger partial charge on any atom is -0.396 e. The molecule has 2 aromatic rings. The van der Waals surface area contributed by atoms with Crippen LogP contribution in [0.4, 0.5) is 0 Å². The fourth-order valence-corrected chi connectivity index (χ4v) is 2.26. The summed E-state index contributed by atoms with van der Waals surface area (Å²) in [6.45, 7) is 2.25. The van der Waals surface area contributed by atoms with Crippen molar-refractivity contribution in [1.82, 2.24) is 0 Å². The average molecular weight is 246 g/mol. The molecule has 0 unspecified atom stereocenters. The van der Waals surface area contributed by atoms with Crippen LogP contribution in [0.3, 0.4) is 0 Å². The van der Waals surface area contributed by atoms with Crippen molar-refractivity contribution in [2.24, 2.45) is 0 Å². The zero-order valence-electron chi connectivity index (χ0n) is 10.1. The first-order chi connectivity index (χ1) is 8.36. The normalized spacial score (nSPS) is 9.29. The SMILES string of the molecule is CCCO.c1ccc(Pc2ccccc2)cc1. The van der Waals surface area contributed by atoms with Gasteiger partial charge in [-0.25, -0.2) is 0 Å². The van der Waals surface area contributed by atoms with Crippen LogP contribution in [0.15, 0.2) is 60.7 Å². The van der Waals surface area contributed by atoms with Crippen LogP contribution in [0.1, 0.15) is 13.3 Å². The fraction of sp³-hybridized carbons (Fsp3) is 0.200. The van der Waals surface area contributed by atoms with Crippen molar-refractivity contribution in [1.29, 1.82) is 0 Å². The number of rotatable bonds is 3. The topological polar surface area (TPSA) is 20.2 Å². The van der Waals surface area contributed by atoms with E-state index in [0.29, 0.717) is 6.61 Å². The number of benzene rings is 2. The summed E-state index contributed by atoms with van der Waals surface area (Å²) < 4.78 is 0. The molecule has 0 atom stereocenters. The summed E-state index contributed by atoms with van der Waals surface area (Å²) in [6.07, 6.45) is 0.875. The highest BCUT2D eigenvalue weighted by molar-refractivity contribution is 7.55. The Balaban J connectivity index is 0.000000317. The van der Waals surface area contributed by atoms with Crippen molar-refractivity contribution >= 4 is 19.2 Å². The highest BCUT2D eigenvalue weighted by Crippen LogP contribution is 2.08. The van der Waals surface area contributed by atoms with E-state index in [4.69, 9.17) is 5.11 Å².